The Morgan fingerprint density at radius 2 is 2.16 bits per heavy atom. The first-order valence-electron chi connectivity index (χ1n) is 8.11. The molecule has 0 fully saturated rings. The number of H-pyrrole nitrogens is 1. The summed E-state index contributed by atoms with van der Waals surface area (Å²) >= 11 is 6.18. The van der Waals surface area contributed by atoms with Crippen molar-refractivity contribution < 1.29 is 9.21 Å². The minimum absolute atomic E-state index is 0.199. The molecule has 0 saturated carbocycles. The van der Waals surface area contributed by atoms with Crippen molar-refractivity contribution in [3.05, 3.63) is 64.1 Å². The second kappa shape index (κ2) is 6.74. The van der Waals surface area contributed by atoms with Crippen LogP contribution in [0.1, 0.15) is 27.5 Å². The molecule has 0 unspecified atom stereocenters. The van der Waals surface area contributed by atoms with Gasteiger partial charge in [0.1, 0.15) is 11.5 Å². The largest absolute Gasteiger partial charge is 0.459 e. The van der Waals surface area contributed by atoms with Gasteiger partial charge in [-0.1, -0.05) is 23.7 Å². The van der Waals surface area contributed by atoms with Crippen molar-refractivity contribution in [1.29, 1.82) is 0 Å². The van der Waals surface area contributed by atoms with Gasteiger partial charge in [0.05, 0.1) is 17.3 Å². The number of furan rings is 1. The van der Waals surface area contributed by atoms with Gasteiger partial charge in [0.15, 0.2) is 5.69 Å². The molecule has 0 bridgehead atoms. The number of hydrogen-bond donors (Lipinski definition) is 3. The van der Waals surface area contributed by atoms with E-state index in [0.29, 0.717) is 28.8 Å². The monoisotopic (exact) mass is 356 g/mol. The molecule has 0 radical (unpaired) electrons. The van der Waals surface area contributed by atoms with Crippen LogP contribution in [0.3, 0.4) is 0 Å². The lowest BCUT2D eigenvalue weighted by Gasteiger charge is -2.12. The van der Waals surface area contributed by atoms with E-state index in [2.05, 4.69) is 20.8 Å². The van der Waals surface area contributed by atoms with Crippen LogP contribution in [0.2, 0.25) is 5.02 Å². The maximum atomic E-state index is 12.4. The van der Waals surface area contributed by atoms with Crippen LogP contribution in [0.5, 0.6) is 0 Å². The zero-order valence-electron chi connectivity index (χ0n) is 13.4. The molecule has 3 aromatic rings. The molecular weight excluding hydrogens is 340 g/mol. The van der Waals surface area contributed by atoms with Crippen molar-refractivity contribution >= 4 is 17.5 Å². The molecule has 0 atom stereocenters. The summed E-state index contributed by atoms with van der Waals surface area (Å²) in [5.74, 6) is 1.14. The minimum Gasteiger partial charge on any atom is -0.459 e. The van der Waals surface area contributed by atoms with Gasteiger partial charge in [-0.2, -0.15) is 5.10 Å². The van der Waals surface area contributed by atoms with Crippen LogP contribution in [0, 0.1) is 0 Å². The van der Waals surface area contributed by atoms with Gasteiger partial charge >= 0.3 is 0 Å². The normalized spacial score (nSPS) is 13.5. The van der Waals surface area contributed by atoms with Crippen LogP contribution in [0.15, 0.2) is 40.8 Å². The fourth-order valence-electron chi connectivity index (χ4n) is 2.96. The summed E-state index contributed by atoms with van der Waals surface area (Å²) in [5, 5.41) is 13.8. The van der Waals surface area contributed by atoms with E-state index in [1.807, 2.05) is 36.4 Å². The molecule has 1 aromatic carbocycles. The van der Waals surface area contributed by atoms with E-state index < -0.39 is 0 Å². The molecule has 2 aromatic heterocycles. The van der Waals surface area contributed by atoms with E-state index in [1.54, 1.807) is 0 Å². The van der Waals surface area contributed by atoms with Gasteiger partial charge in [-0.3, -0.25) is 9.89 Å². The third-order valence-electron chi connectivity index (χ3n) is 4.25. The second-order valence-corrected chi connectivity index (χ2v) is 6.29. The number of amides is 1. The second-order valence-electron chi connectivity index (χ2n) is 5.88. The number of carbonyl (C=O) groups excluding carboxylic acids is 1. The standard InChI is InChI=1S/C18H17ClN4O2/c19-14-4-2-1-3-12(14)16-6-5-11(25-16)9-21-18(24)17-13-7-8-20-10-15(13)22-23-17/h1-6,20H,7-10H2,(H,21,24)(H,22,23). The van der Waals surface area contributed by atoms with Crippen LogP contribution in [-0.2, 0) is 19.5 Å². The Morgan fingerprint density at radius 3 is 3.04 bits per heavy atom. The SMILES string of the molecule is O=C(NCc1ccc(-c2ccccc2Cl)o1)c1n[nH]c2c1CCNC2. The first kappa shape index (κ1) is 15.9. The Kier molecular flexibility index (Phi) is 4.29. The van der Waals surface area contributed by atoms with Crippen molar-refractivity contribution in [3.8, 4) is 11.3 Å². The van der Waals surface area contributed by atoms with Crippen LogP contribution >= 0.6 is 11.6 Å². The van der Waals surface area contributed by atoms with E-state index in [4.69, 9.17) is 16.0 Å². The fourth-order valence-corrected chi connectivity index (χ4v) is 3.19. The highest BCUT2D eigenvalue weighted by Crippen LogP contribution is 2.29. The predicted octanol–water partition coefficient (Wildman–Crippen LogP) is 2.90. The summed E-state index contributed by atoms with van der Waals surface area (Å²) in [6, 6.07) is 11.2. The van der Waals surface area contributed by atoms with Gasteiger partial charge < -0.3 is 15.1 Å². The lowest BCUT2D eigenvalue weighted by atomic mass is 10.1. The smallest absolute Gasteiger partial charge is 0.272 e. The Labute approximate surface area is 149 Å². The fraction of sp³-hybridized carbons (Fsp3) is 0.222. The molecule has 0 spiro atoms. The van der Waals surface area contributed by atoms with E-state index in [1.165, 1.54) is 0 Å². The average Bonchev–Trinajstić information content (AvgIpc) is 3.27. The zero-order valence-corrected chi connectivity index (χ0v) is 14.2. The molecule has 128 valence electrons. The first-order valence-corrected chi connectivity index (χ1v) is 8.49. The number of nitrogens with one attached hydrogen (secondary N) is 3. The van der Waals surface area contributed by atoms with Crippen molar-refractivity contribution in [1.82, 2.24) is 20.8 Å². The lowest BCUT2D eigenvalue weighted by molar-refractivity contribution is 0.0942. The zero-order chi connectivity index (χ0) is 17.2. The van der Waals surface area contributed by atoms with Gasteiger partial charge in [0.2, 0.25) is 0 Å². The number of rotatable bonds is 4. The summed E-state index contributed by atoms with van der Waals surface area (Å²) in [7, 11) is 0. The Bertz CT molecular complexity index is 915. The van der Waals surface area contributed by atoms with Gasteiger partial charge in [-0.05, 0) is 37.2 Å². The highest BCUT2D eigenvalue weighted by Gasteiger charge is 2.21. The molecule has 1 aliphatic heterocycles. The molecule has 1 amide bonds. The number of halogens is 1. The molecule has 25 heavy (non-hydrogen) atoms. The quantitative estimate of drug-likeness (QED) is 0.671. The lowest BCUT2D eigenvalue weighted by Crippen LogP contribution is -2.27. The number of hydrogen-bond acceptors (Lipinski definition) is 4. The third kappa shape index (κ3) is 3.18. The topological polar surface area (TPSA) is 83.0 Å². The maximum Gasteiger partial charge on any atom is 0.272 e. The van der Waals surface area contributed by atoms with Crippen molar-refractivity contribution in [2.24, 2.45) is 0 Å². The Morgan fingerprint density at radius 1 is 1.28 bits per heavy atom. The highest BCUT2D eigenvalue weighted by molar-refractivity contribution is 6.33. The number of carbonyl (C=O) groups is 1. The molecule has 3 heterocycles. The van der Waals surface area contributed by atoms with E-state index in [0.717, 1.165) is 36.3 Å². The molecule has 4 rings (SSSR count). The molecule has 3 N–H and O–H groups in total. The van der Waals surface area contributed by atoms with Crippen LogP contribution in [-0.4, -0.2) is 22.6 Å². The third-order valence-corrected chi connectivity index (χ3v) is 4.58. The van der Waals surface area contributed by atoms with Crippen molar-refractivity contribution in [3.63, 3.8) is 0 Å². The van der Waals surface area contributed by atoms with Crippen LogP contribution in [0.4, 0.5) is 0 Å². The van der Waals surface area contributed by atoms with Gasteiger partial charge in [-0.25, -0.2) is 0 Å². The molecule has 7 heteroatoms. The number of aromatic nitrogens is 2. The number of fused-ring (bicyclic) bond motifs is 1. The summed E-state index contributed by atoms with van der Waals surface area (Å²) in [5.41, 5.74) is 3.27. The minimum atomic E-state index is -0.199. The van der Waals surface area contributed by atoms with Crippen molar-refractivity contribution in [2.75, 3.05) is 6.54 Å². The van der Waals surface area contributed by atoms with E-state index >= 15 is 0 Å². The summed E-state index contributed by atoms with van der Waals surface area (Å²) in [4.78, 5) is 12.4. The molecular formula is C18H17ClN4O2. The van der Waals surface area contributed by atoms with Crippen molar-refractivity contribution in [2.45, 2.75) is 19.5 Å². The first-order chi connectivity index (χ1) is 12.2. The highest BCUT2D eigenvalue weighted by atomic mass is 35.5. The molecule has 0 saturated heterocycles. The van der Waals surface area contributed by atoms with E-state index in [9.17, 15) is 4.79 Å². The summed E-state index contributed by atoms with van der Waals surface area (Å²) < 4.78 is 5.79. The van der Waals surface area contributed by atoms with Gasteiger partial charge in [0, 0.05) is 17.7 Å². The number of aromatic amines is 1. The molecule has 6 nitrogen and oxygen atoms in total. The average molecular weight is 357 g/mol. The van der Waals surface area contributed by atoms with Gasteiger partial charge in [0.25, 0.3) is 5.91 Å². The Hall–Kier alpha value is -2.57. The number of benzene rings is 1. The maximum absolute atomic E-state index is 12.4. The van der Waals surface area contributed by atoms with E-state index in [-0.39, 0.29) is 5.91 Å². The molecule has 0 aliphatic carbocycles. The van der Waals surface area contributed by atoms with Gasteiger partial charge in [-0.15, -0.1) is 0 Å². The molecule has 1 aliphatic rings. The number of nitrogens with zero attached hydrogens (tertiary/aromatic N) is 1. The predicted molar refractivity (Wildman–Crippen MR) is 94.3 cm³/mol. The van der Waals surface area contributed by atoms with Crippen LogP contribution in [0.25, 0.3) is 11.3 Å². The Balaban J connectivity index is 1.45. The van der Waals surface area contributed by atoms with Crippen LogP contribution < -0.4 is 10.6 Å². The summed E-state index contributed by atoms with van der Waals surface area (Å²) in [6.45, 7) is 1.87. The summed E-state index contributed by atoms with van der Waals surface area (Å²) in [6.07, 6.45) is 0.798.